The molecule has 0 atom stereocenters. The number of allylic oxidation sites excluding steroid dienone is 3. The Labute approximate surface area is 229 Å². The van der Waals surface area contributed by atoms with Crippen LogP contribution in [0.4, 0.5) is 0 Å². The maximum atomic E-state index is 11.5. The lowest BCUT2D eigenvalue weighted by Gasteiger charge is -2.27. The standard InChI is InChI=1S/C31H36N4O4/c1-4-38-31-25(17-36)16-33-35(31)29-10-6-9-28(34-29)27-8-5-7-21(2)30(27)39-18-23-11-12-24(22(3)15-23)13-14-32-26-19-37-20-26/h6,8-12,15-17,26,32H,4-5,7,13-14,18-20H2,1-3H3. The highest BCUT2D eigenvalue weighted by Crippen LogP contribution is 2.34. The smallest absolute Gasteiger partial charge is 0.228 e. The monoisotopic (exact) mass is 528 g/mol. The molecule has 0 saturated carbocycles. The van der Waals surface area contributed by atoms with Crippen LogP contribution in [0.2, 0.25) is 0 Å². The average molecular weight is 529 g/mol. The van der Waals surface area contributed by atoms with Crippen LogP contribution in [-0.4, -0.2) is 53.5 Å². The molecule has 1 fully saturated rings. The van der Waals surface area contributed by atoms with Crippen LogP contribution in [-0.2, 0) is 22.5 Å². The van der Waals surface area contributed by atoms with E-state index in [0.717, 1.165) is 67.9 Å². The van der Waals surface area contributed by atoms with Crippen molar-refractivity contribution in [1.82, 2.24) is 20.1 Å². The SMILES string of the molecule is CCOc1c(C=O)cnn1-c1cccc(C2=CCCC(C)=C2OCc2ccc(CCNC3COC3)c(C)c2)n1. The number of aromatic nitrogens is 3. The maximum absolute atomic E-state index is 11.5. The summed E-state index contributed by atoms with van der Waals surface area (Å²) in [6, 6.07) is 12.9. The molecular formula is C31H36N4O4. The topological polar surface area (TPSA) is 87.5 Å². The molecule has 1 aliphatic carbocycles. The zero-order valence-electron chi connectivity index (χ0n) is 22.9. The Morgan fingerprint density at radius 2 is 2.05 bits per heavy atom. The summed E-state index contributed by atoms with van der Waals surface area (Å²) in [5.74, 6) is 1.85. The number of hydrogen-bond donors (Lipinski definition) is 1. The Balaban J connectivity index is 1.30. The van der Waals surface area contributed by atoms with E-state index in [4.69, 9.17) is 19.2 Å². The Kier molecular flexibility index (Phi) is 8.54. The lowest BCUT2D eigenvalue weighted by molar-refractivity contribution is -0.00467. The summed E-state index contributed by atoms with van der Waals surface area (Å²) < 4.78 is 19.0. The van der Waals surface area contributed by atoms with Crippen LogP contribution in [0.3, 0.4) is 0 Å². The van der Waals surface area contributed by atoms with Crippen molar-refractivity contribution >= 4 is 11.9 Å². The molecule has 3 heterocycles. The Morgan fingerprint density at radius 1 is 1.18 bits per heavy atom. The van der Waals surface area contributed by atoms with E-state index in [1.807, 2.05) is 25.1 Å². The molecule has 204 valence electrons. The summed E-state index contributed by atoms with van der Waals surface area (Å²) in [4.78, 5) is 16.3. The van der Waals surface area contributed by atoms with E-state index in [1.165, 1.54) is 22.9 Å². The number of aldehydes is 1. The van der Waals surface area contributed by atoms with Gasteiger partial charge < -0.3 is 19.5 Å². The molecule has 1 aromatic carbocycles. The Hall–Kier alpha value is -3.75. The molecule has 1 saturated heterocycles. The molecule has 3 aromatic rings. The first kappa shape index (κ1) is 26.8. The van der Waals surface area contributed by atoms with Crippen molar-refractivity contribution in [3.63, 3.8) is 0 Å². The van der Waals surface area contributed by atoms with Crippen LogP contribution < -0.4 is 10.1 Å². The number of carbonyl (C=O) groups is 1. The minimum atomic E-state index is 0.393. The summed E-state index contributed by atoms with van der Waals surface area (Å²) in [7, 11) is 0. The molecule has 0 bridgehead atoms. The highest BCUT2D eigenvalue weighted by atomic mass is 16.5. The van der Waals surface area contributed by atoms with Gasteiger partial charge in [0.25, 0.3) is 0 Å². The fourth-order valence-corrected chi connectivity index (χ4v) is 4.91. The average Bonchev–Trinajstić information content (AvgIpc) is 3.33. The normalized spacial score (nSPS) is 15.6. The van der Waals surface area contributed by atoms with Gasteiger partial charge in [0.1, 0.15) is 12.4 Å². The van der Waals surface area contributed by atoms with E-state index in [2.05, 4.69) is 48.5 Å². The second-order valence-electron chi connectivity index (χ2n) is 10.0. The molecule has 8 heteroatoms. The van der Waals surface area contributed by atoms with Crippen LogP contribution in [0.15, 0.2) is 60.0 Å². The van der Waals surface area contributed by atoms with Gasteiger partial charge in [0.05, 0.1) is 43.3 Å². The third-order valence-electron chi connectivity index (χ3n) is 7.14. The Bertz CT molecular complexity index is 1390. The van der Waals surface area contributed by atoms with E-state index in [0.29, 0.717) is 36.5 Å². The van der Waals surface area contributed by atoms with Crippen LogP contribution in [0.1, 0.15) is 59.4 Å². The fraction of sp³-hybridized carbons (Fsp3) is 0.387. The molecule has 2 aromatic heterocycles. The van der Waals surface area contributed by atoms with E-state index in [-0.39, 0.29) is 0 Å². The molecule has 0 radical (unpaired) electrons. The lowest BCUT2D eigenvalue weighted by atomic mass is 9.96. The van der Waals surface area contributed by atoms with Crippen molar-refractivity contribution in [3.05, 3.63) is 88.0 Å². The largest absolute Gasteiger partial charge is 0.488 e. The minimum absolute atomic E-state index is 0.393. The number of pyridine rings is 1. The van der Waals surface area contributed by atoms with Crippen LogP contribution in [0.25, 0.3) is 11.4 Å². The number of aryl methyl sites for hydroxylation is 1. The predicted octanol–water partition coefficient (Wildman–Crippen LogP) is 4.99. The molecule has 39 heavy (non-hydrogen) atoms. The van der Waals surface area contributed by atoms with E-state index >= 15 is 0 Å². The third kappa shape index (κ3) is 6.13. The molecule has 1 N–H and O–H groups in total. The first-order valence-electron chi connectivity index (χ1n) is 13.6. The van der Waals surface area contributed by atoms with Gasteiger partial charge in [-0.25, -0.2) is 4.98 Å². The maximum Gasteiger partial charge on any atom is 0.228 e. The number of hydrogen-bond acceptors (Lipinski definition) is 7. The van der Waals surface area contributed by atoms with E-state index < -0.39 is 0 Å². The summed E-state index contributed by atoms with van der Waals surface area (Å²) in [5, 5.41) is 7.88. The van der Waals surface area contributed by atoms with Crippen molar-refractivity contribution in [1.29, 1.82) is 0 Å². The fourth-order valence-electron chi connectivity index (χ4n) is 4.91. The van der Waals surface area contributed by atoms with Crippen LogP contribution in [0, 0.1) is 6.92 Å². The molecule has 0 unspecified atom stereocenters. The molecule has 5 rings (SSSR count). The van der Waals surface area contributed by atoms with E-state index in [9.17, 15) is 4.79 Å². The number of nitrogens with zero attached hydrogens (tertiary/aromatic N) is 3. The van der Waals surface area contributed by atoms with E-state index in [1.54, 1.807) is 4.68 Å². The summed E-state index contributed by atoms with van der Waals surface area (Å²) in [6.07, 6.45) is 7.31. The summed E-state index contributed by atoms with van der Waals surface area (Å²) in [6.45, 7) is 9.66. The molecule has 0 spiro atoms. The predicted molar refractivity (Wildman–Crippen MR) is 150 cm³/mol. The van der Waals surface area contributed by atoms with Gasteiger partial charge in [-0.15, -0.1) is 0 Å². The van der Waals surface area contributed by atoms with Gasteiger partial charge in [0, 0.05) is 5.57 Å². The van der Waals surface area contributed by atoms with Crippen molar-refractivity contribution in [2.75, 3.05) is 26.4 Å². The van der Waals surface area contributed by atoms with Gasteiger partial charge in [-0.3, -0.25) is 4.79 Å². The molecule has 1 aliphatic heterocycles. The summed E-state index contributed by atoms with van der Waals surface area (Å²) >= 11 is 0. The van der Waals surface area contributed by atoms with Crippen LogP contribution in [0.5, 0.6) is 5.88 Å². The lowest BCUT2D eigenvalue weighted by Crippen LogP contribution is -2.46. The molecule has 0 amide bonds. The van der Waals surface area contributed by atoms with Crippen molar-refractivity contribution in [2.24, 2.45) is 0 Å². The molecule has 2 aliphatic rings. The second kappa shape index (κ2) is 12.4. The first-order valence-corrected chi connectivity index (χ1v) is 13.6. The van der Waals surface area contributed by atoms with Crippen molar-refractivity contribution in [2.45, 2.75) is 52.7 Å². The zero-order valence-corrected chi connectivity index (χ0v) is 22.9. The van der Waals surface area contributed by atoms with Gasteiger partial charge in [0.2, 0.25) is 5.88 Å². The van der Waals surface area contributed by atoms with Gasteiger partial charge in [-0.05, 0) is 81.0 Å². The number of ether oxygens (including phenoxy) is 3. The van der Waals surface area contributed by atoms with Gasteiger partial charge >= 0.3 is 0 Å². The highest BCUT2D eigenvalue weighted by Gasteiger charge is 2.21. The number of nitrogens with one attached hydrogen (secondary N) is 1. The van der Waals surface area contributed by atoms with Gasteiger partial charge in [-0.1, -0.05) is 30.3 Å². The minimum Gasteiger partial charge on any atom is -0.488 e. The van der Waals surface area contributed by atoms with Gasteiger partial charge in [-0.2, -0.15) is 9.78 Å². The van der Waals surface area contributed by atoms with Crippen LogP contribution >= 0.6 is 0 Å². The second-order valence-corrected chi connectivity index (χ2v) is 10.0. The Morgan fingerprint density at radius 3 is 2.79 bits per heavy atom. The van der Waals surface area contributed by atoms with Gasteiger partial charge in [0.15, 0.2) is 12.1 Å². The quantitative estimate of drug-likeness (QED) is 0.332. The highest BCUT2D eigenvalue weighted by molar-refractivity contribution is 5.79. The number of carbonyl (C=O) groups excluding carboxylic acids is 1. The molecular weight excluding hydrogens is 492 g/mol. The zero-order chi connectivity index (χ0) is 27.2. The number of benzene rings is 1. The number of rotatable bonds is 12. The van der Waals surface area contributed by atoms with Crippen molar-refractivity contribution < 1.29 is 19.0 Å². The first-order chi connectivity index (χ1) is 19.1. The van der Waals surface area contributed by atoms with Crippen molar-refractivity contribution in [3.8, 4) is 11.7 Å². The summed E-state index contributed by atoms with van der Waals surface area (Å²) in [5.41, 5.74) is 7.14. The third-order valence-corrected chi connectivity index (χ3v) is 7.14. The molecule has 8 nitrogen and oxygen atoms in total.